The number of aliphatic hydroxyl groups is 1. The zero-order valence-corrected chi connectivity index (χ0v) is 10.8. The van der Waals surface area contributed by atoms with Crippen LogP contribution in [0.25, 0.3) is 0 Å². The minimum Gasteiger partial charge on any atom is -0.392 e. The average Bonchev–Trinajstić information content (AvgIpc) is 2.39. The first kappa shape index (κ1) is 13.5. The second kappa shape index (κ2) is 6.27. The molecule has 0 saturated carbocycles. The van der Waals surface area contributed by atoms with Gasteiger partial charge in [-0.1, -0.05) is 6.07 Å². The minimum absolute atomic E-state index is 0.242. The molecule has 1 aromatic rings. The van der Waals surface area contributed by atoms with Gasteiger partial charge in [-0.2, -0.15) is 0 Å². The Bertz CT molecular complexity index is 389. The summed E-state index contributed by atoms with van der Waals surface area (Å²) < 4.78 is 13.2. The molecule has 1 heterocycles. The summed E-state index contributed by atoms with van der Waals surface area (Å²) in [7, 11) is 2.14. The third-order valence-electron chi connectivity index (χ3n) is 3.59. The van der Waals surface area contributed by atoms with Crippen LogP contribution in [0.1, 0.15) is 24.0 Å². The van der Waals surface area contributed by atoms with Crippen LogP contribution in [0, 0.1) is 5.82 Å². The van der Waals surface area contributed by atoms with Crippen LogP contribution in [-0.4, -0.2) is 36.2 Å². The van der Waals surface area contributed by atoms with Crippen LogP contribution in [0.2, 0.25) is 0 Å². The quantitative estimate of drug-likeness (QED) is 0.852. The lowest BCUT2D eigenvalue weighted by atomic mass is 10.0. The highest BCUT2D eigenvalue weighted by atomic mass is 19.1. The van der Waals surface area contributed by atoms with E-state index in [2.05, 4.69) is 17.3 Å². The molecule has 0 bridgehead atoms. The topological polar surface area (TPSA) is 35.5 Å². The number of benzene rings is 1. The van der Waals surface area contributed by atoms with E-state index < -0.39 is 0 Å². The molecule has 1 aliphatic heterocycles. The third-order valence-corrected chi connectivity index (χ3v) is 3.59. The smallest absolute Gasteiger partial charge is 0.128 e. The summed E-state index contributed by atoms with van der Waals surface area (Å²) in [5, 5.41) is 12.5. The van der Waals surface area contributed by atoms with Gasteiger partial charge in [-0.25, -0.2) is 4.39 Å². The molecular weight excluding hydrogens is 231 g/mol. The molecule has 0 aromatic heterocycles. The second-order valence-electron chi connectivity index (χ2n) is 5.04. The van der Waals surface area contributed by atoms with Gasteiger partial charge in [0.1, 0.15) is 5.82 Å². The van der Waals surface area contributed by atoms with Gasteiger partial charge in [-0.3, -0.25) is 0 Å². The number of piperidine rings is 1. The van der Waals surface area contributed by atoms with Gasteiger partial charge in [0.15, 0.2) is 0 Å². The molecule has 0 amide bonds. The molecule has 0 atom stereocenters. The first-order chi connectivity index (χ1) is 8.69. The van der Waals surface area contributed by atoms with Crippen molar-refractivity contribution in [2.24, 2.45) is 0 Å². The predicted octanol–water partition coefficient (Wildman–Crippen LogP) is 1.50. The van der Waals surface area contributed by atoms with Gasteiger partial charge in [-0.05, 0) is 50.7 Å². The predicted molar refractivity (Wildman–Crippen MR) is 69.7 cm³/mol. The van der Waals surface area contributed by atoms with Crippen molar-refractivity contribution < 1.29 is 9.50 Å². The Morgan fingerprint density at radius 1 is 1.39 bits per heavy atom. The summed E-state index contributed by atoms with van der Waals surface area (Å²) in [6.45, 7) is 2.75. The highest BCUT2D eigenvalue weighted by Crippen LogP contribution is 2.12. The normalized spacial score (nSPS) is 18.2. The monoisotopic (exact) mass is 252 g/mol. The molecule has 0 spiro atoms. The summed E-state index contributed by atoms with van der Waals surface area (Å²) in [5.41, 5.74) is 1.40. The molecule has 3 nitrogen and oxygen atoms in total. The van der Waals surface area contributed by atoms with Gasteiger partial charge in [0.05, 0.1) is 6.61 Å². The Kier molecular flexibility index (Phi) is 4.69. The van der Waals surface area contributed by atoms with E-state index in [1.807, 2.05) is 0 Å². The first-order valence-electron chi connectivity index (χ1n) is 6.49. The zero-order valence-electron chi connectivity index (χ0n) is 10.8. The van der Waals surface area contributed by atoms with Crippen molar-refractivity contribution >= 4 is 0 Å². The Hall–Kier alpha value is -0.970. The van der Waals surface area contributed by atoms with Crippen molar-refractivity contribution in [3.05, 3.63) is 35.1 Å². The Balaban J connectivity index is 1.86. The van der Waals surface area contributed by atoms with Crippen molar-refractivity contribution in [1.82, 2.24) is 10.2 Å². The number of nitrogens with one attached hydrogen (secondary N) is 1. The van der Waals surface area contributed by atoms with Gasteiger partial charge < -0.3 is 15.3 Å². The van der Waals surface area contributed by atoms with Crippen LogP contribution in [0.15, 0.2) is 18.2 Å². The third kappa shape index (κ3) is 3.51. The molecule has 1 aromatic carbocycles. The maximum absolute atomic E-state index is 13.2. The number of rotatable bonds is 4. The van der Waals surface area contributed by atoms with Gasteiger partial charge in [0.2, 0.25) is 0 Å². The summed E-state index contributed by atoms with van der Waals surface area (Å²) >= 11 is 0. The summed E-state index contributed by atoms with van der Waals surface area (Å²) in [6.07, 6.45) is 2.31. The molecule has 2 rings (SSSR count). The van der Waals surface area contributed by atoms with Crippen LogP contribution in [-0.2, 0) is 13.2 Å². The summed E-state index contributed by atoms with van der Waals surface area (Å²) in [5.74, 6) is -0.333. The molecule has 0 unspecified atom stereocenters. The Morgan fingerprint density at radius 2 is 2.11 bits per heavy atom. The molecule has 100 valence electrons. The van der Waals surface area contributed by atoms with E-state index in [0.29, 0.717) is 11.6 Å². The van der Waals surface area contributed by atoms with Crippen LogP contribution in [0.4, 0.5) is 4.39 Å². The van der Waals surface area contributed by atoms with Crippen LogP contribution in [0.5, 0.6) is 0 Å². The first-order valence-corrected chi connectivity index (χ1v) is 6.49. The number of halogens is 1. The van der Waals surface area contributed by atoms with Crippen LogP contribution in [0.3, 0.4) is 0 Å². The van der Waals surface area contributed by atoms with Crippen molar-refractivity contribution in [2.75, 3.05) is 20.1 Å². The van der Waals surface area contributed by atoms with Crippen molar-refractivity contribution in [3.63, 3.8) is 0 Å². The fourth-order valence-corrected chi connectivity index (χ4v) is 2.33. The number of likely N-dealkylation sites (tertiary alicyclic amines) is 1. The largest absolute Gasteiger partial charge is 0.392 e. The van der Waals surface area contributed by atoms with Crippen LogP contribution >= 0.6 is 0 Å². The lowest BCUT2D eigenvalue weighted by Crippen LogP contribution is -2.40. The number of nitrogens with zero attached hydrogens (tertiary/aromatic N) is 1. The van der Waals surface area contributed by atoms with E-state index in [1.54, 1.807) is 12.1 Å². The maximum atomic E-state index is 13.2. The average molecular weight is 252 g/mol. The van der Waals surface area contributed by atoms with Crippen molar-refractivity contribution in [3.8, 4) is 0 Å². The van der Waals surface area contributed by atoms with Crippen molar-refractivity contribution in [1.29, 1.82) is 0 Å². The van der Waals surface area contributed by atoms with E-state index in [9.17, 15) is 4.39 Å². The number of hydrogen-bond acceptors (Lipinski definition) is 3. The van der Waals surface area contributed by atoms with Gasteiger partial charge in [0.25, 0.3) is 0 Å². The molecule has 1 aliphatic rings. The zero-order chi connectivity index (χ0) is 13.0. The van der Waals surface area contributed by atoms with Gasteiger partial charge >= 0.3 is 0 Å². The van der Waals surface area contributed by atoms with E-state index in [0.717, 1.165) is 38.0 Å². The lowest BCUT2D eigenvalue weighted by molar-refractivity contribution is 0.234. The fourth-order valence-electron chi connectivity index (χ4n) is 2.33. The van der Waals surface area contributed by atoms with E-state index >= 15 is 0 Å². The minimum atomic E-state index is -0.333. The molecule has 0 aliphatic carbocycles. The molecule has 1 saturated heterocycles. The Labute approximate surface area is 108 Å². The molecular formula is C14H21FN2O. The molecule has 1 fully saturated rings. The Morgan fingerprint density at radius 3 is 2.78 bits per heavy atom. The summed E-state index contributed by atoms with van der Waals surface area (Å²) in [6, 6.07) is 5.48. The molecule has 4 heteroatoms. The number of aliphatic hydroxyl groups excluding tert-OH is 1. The van der Waals surface area contributed by atoms with Crippen LogP contribution < -0.4 is 5.32 Å². The maximum Gasteiger partial charge on any atom is 0.128 e. The second-order valence-corrected chi connectivity index (χ2v) is 5.04. The van der Waals surface area contributed by atoms with Crippen molar-refractivity contribution in [2.45, 2.75) is 32.0 Å². The SMILES string of the molecule is CN1CCC(NCc2ccc(F)c(CO)c2)CC1. The molecule has 0 radical (unpaired) electrons. The lowest BCUT2D eigenvalue weighted by Gasteiger charge is -2.29. The van der Waals surface area contributed by atoms with E-state index in [1.165, 1.54) is 6.07 Å². The number of hydrogen-bond donors (Lipinski definition) is 2. The molecule has 18 heavy (non-hydrogen) atoms. The van der Waals surface area contributed by atoms with Gasteiger partial charge in [0, 0.05) is 18.2 Å². The van der Waals surface area contributed by atoms with E-state index in [4.69, 9.17) is 5.11 Å². The standard InChI is InChI=1S/C14H21FN2O/c1-17-6-4-13(5-7-17)16-9-11-2-3-14(15)12(8-11)10-18/h2-3,8,13,16,18H,4-7,9-10H2,1H3. The van der Waals surface area contributed by atoms with E-state index in [-0.39, 0.29) is 12.4 Å². The fraction of sp³-hybridized carbons (Fsp3) is 0.571. The highest BCUT2D eigenvalue weighted by molar-refractivity contribution is 5.24. The van der Waals surface area contributed by atoms with Gasteiger partial charge in [-0.15, -0.1) is 0 Å². The summed E-state index contributed by atoms with van der Waals surface area (Å²) in [4.78, 5) is 2.33. The molecule has 2 N–H and O–H groups in total. The highest BCUT2D eigenvalue weighted by Gasteiger charge is 2.15.